The fraction of sp³-hybridized carbons (Fsp3) is 0.438. The van der Waals surface area contributed by atoms with Crippen LogP contribution < -0.4 is 0 Å². The molecule has 0 amide bonds. The standard InChI is InChI=1S/C16H15Cl2O/c1-2-6-16-7-5-11(19)8-12(16)14-10(9-16)3-4-13(17)15(14)18/h3,8H,2,5-7,9H2,1H3. The average molecular weight is 294 g/mol. The van der Waals surface area contributed by atoms with Gasteiger partial charge >= 0.3 is 0 Å². The van der Waals surface area contributed by atoms with Gasteiger partial charge in [0, 0.05) is 23.5 Å². The van der Waals surface area contributed by atoms with Gasteiger partial charge in [-0.2, -0.15) is 0 Å². The first-order chi connectivity index (χ1) is 9.07. The summed E-state index contributed by atoms with van der Waals surface area (Å²) < 4.78 is 0. The molecular weight excluding hydrogens is 279 g/mol. The van der Waals surface area contributed by atoms with E-state index in [0.717, 1.165) is 36.8 Å². The molecule has 0 spiro atoms. The van der Waals surface area contributed by atoms with Crippen molar-refractivity contribution in [1.82, 2.24) is 0 Å². The number of hydrogen-bond acceptors (Lipinski definition) is 1. The number of ketones is 1. The Labute approximate surface area is 123 Å². The van der Waals surface area contributed by atoms with Gasteiger partial charge in [0.2, 0.25) is 0 Å². The Kier molecular flexibility index (Phi) is 3.23. The topological polar surface area (TPSA) is 17.1 Å². The van der Waals surface area contributed by atoms with E-state index in [2.05, 4.69) is 13.0 Å². The zero-order valence-corrected chi connectivity index (χ0v) is 12.4. The van der Waals surface area contributed by atoms with Crippen molar-refractivity contribution in [3.05, 3.63) is 39.4 Å². The van der Waals surface area contributed by atoms with Crippen molar-refractivity contribution in [1.29, 1.82) is 0 Å². The molecule has 3 heteroatoms. The highest BCUT2D eigenvalue weighted by molar-refractivity contribution is 6.43. The first kappa shape index (κ1) is 13.2. The summed E-state index contributed by atoms with van der Waals surface area (Å²) in [5, 5.41) is 1.00. The molecule has 0 aliphatic heterocycles. The highest BCUT2D eigenvalue weighted by atomic mass is 35.5. The molecule has 2 aliphatic rings. The third-order valence-electron chi connectivity index (χ3n) is 4.36. The van der Waals surface area contributed by atoms with E-state index in [-0.39, 0.29) is 11.2 Å². The molecule has 1 atom stereocenters. The Hall–Kier alpha value is -0.790. The van der Waals surface area contributed by atoms with Crippen LogP contribution in [0.2, 0.25) is 10.0 Å². The van der Waals surface area contributed by atoms with E-state index in [9.17, 15) is 4.79 Å². The smallest absolute Gasteiger partial charge is 0.156 e. The van der Waals surface area contributed by atoms with Gasteiger partial charge in [-0.3, -0.25) is 4.79 Å². The number of rotatable bonds is 2. The van der Waals surface area contributed by atoms with E-state index in [1.54, 1.807) is 6.08 Å². The van der Waals surface area contributed by atoms with Crippen molar-refractivity contribution < 1.29 is 4.79 Å². The Morgan fingerprint density at radius 3 is 2.95 bits per heavy atom. The fourth-order valence-corrected chi connectivity index (χ4v) is 3.99. The lowest BCUT2D eigenvalue weighted by molar-refractivity contribution is -0.115. The number of carbonyl (C=O) groups excluding carboxylic acids is 1. The van der Waals surface area contributed by atoms with Crippen LogP contribution in [-0.2, 0) is 11.2 Å². The van der Waals surface area contributed by atoms with Crippen LogP contribution in [0.25, 0.3) is 5.57 Å². The summed E-state index contributed by atoms with van der Waals surface area (Å²) in [6.07, 6.45) is 6.53. The van der Waals surface area contributed by atoms with Gasteiger partial charge in [0.05, 0.1) is 10.0 Å². The zero-order chi connectivity index (χ0) is 13.6. The van der Waals surface area contributed by atoms with E-state index in [1.807, 2.05) is 6.07 Å². The number of fused-ring (bicyclic) bond motifs is 3. The van der Waals surface area contributed by atoms with Crippen LogP contribution in [0.15, 0.2) is 12.1 Å². The molecule has 0 saturated carbocycles. The van der Waals surface area contributed by atoms with Gasteiger partial charge in [-0.05, 0) is 42.5 Å². The highest BCUT2D eigenvalue weighted by Gasteiger charge is 2.44. The average Bonchev–Trinajstić information content (AvgIpc) is 2.69. The van der Waals surface area contributed by atoms with Crippen molar-refractivity contribution in [3.63, 3.8) is 0 Å². The maximum atomic E-state index is 11.8. The first-order valence-corrected chi connectivity index (χ1v) is 7.47. The number of carbonyl (C=O) groups is 1. The largest absolute Gasteiger partial charge is 0.295 e. The molecule has 99 valence electrons. The zero-order valence-electron chi connectivity index (χ0n) is 10.9. The Morgan fingerprint density at radius 2 is 2.21 bits per heavy atom. The molecule has 0 N–H and O–H groups in total. The molecule has 0 bridgehead atoms. The number of halogens is 2. The van der Waals surface area contributed by atoms with Crippen LogP contribution in [0.4, 0.5) is 0 Å². The van der Waals surface area contributed by atoms with Crippen molar-refractivity contribution >= 4 is 34.6 Å². The minimum absolute atomic E-state index is 0.0904. The third kappa shape index (κ3) is 1.95. The van der Waals surface area contributed by atoms with E-state index in [1.165, 1.54) is 5.56 Å². The molecule has 2 aliphatic carbocycles. The monoisotopic (exact) mass is 293 g/mol. The quantitative estimate of drug-likeness (QED) is 0.759. The van der Waals surface area contributed by atoms with Gasteiger partial charge in [-0.1, -0.05) is 36.5 Å². The normalized spacial score (nSPS) is 25.0. The lowest BCUT2D eigenvalue weighted by atomic mass is 9.70. The predicted molar refractivity (Wildman–Crippen MR) is 78.6 cm³/mol. The molecule has 0 heterocycles. The summed E-state index contributed by atoms with van der Waals surface area (Å²) in [4.78, 5) is 11.8. The summed E-state index contributed by atoms with van der Waals surface area (Å²) in [5.41, 5.74) is 3.38. The molecule has 19 heavy (non-hydrogen) atoms. The lowest BCUT2D eigenvalue weighted by Gasteiger charge is -2.33. The van der Waals surface area contributed by atoms with E-state index in [4.69, 9.17) is 23.2 Å². The Morgan fingerprint density at radius 1 is 1.42 bits per heavy atom. The van der Waals surface area contributed by atoms with Crippen molar-refractivity contribution in [2.75, 3.05) is 0 Å². The number of benzene rings is 1. The van der Waals surface area contributed by atoms with E-state index >= 15 is 0 Å². The minimum atomic E-state index is 0.0904. The highest BCUT2D eigenvalue weighted by Crippen LogP contribution is 2.56. The summed E-state index contributed by atoms with van der Waals surface area (Å²) in [7, 11) is 0. The number of allylic oxidation sites excluding steroid dienone is 2. The molecule has 1 radical (unpaired) electrons. The third-order valence-corrected chi connectivity index (χ3v) is 5.13. The second-order valence-corrected chi connectivity index (χ2v) is 6.30. The molecule has 0 aromatic heterocycles. The van der Waals surface area contributed by atoms with Gasteiger partial charge in [-0.25, -0.2) is 0 Å². The van der Waals surface area contributed by atoms with Crippen LogP contribution >= 0.6 is 23.2 Å². The van der Waals surface area contributed by atoms with E-state index < -0.39 is 0 Å². The van der Waals surface area contributed by atoms with Crippen LogP contribution in [0.3, 0.4) is 0 Å². The van der Waals surface area contributed by atoms with Gasteiger partial charge in [0.25, 0.3) is 0 Å². The number of hydrogen-bond donors (Lipinski definition) is 0. The molecule has 1 nitrogen and oxygen atoms in total. The van der Waals surface area contributed by atoms with Crippen LogP contribution in [0, 0.1) is 11.5 Å². The summed E-state index contributed by atoms with van der Waals surface area (Å²) >= 11 is 12.4. The fourth-order valence-electron chi connectivity index (χ4n) is 3.56. The van der Waals surface area contributed by atoms with Gasteiger partial charge in [0.15, 0.2) is 5.78 Å². The van der Waals surface area contributed by atoms with Crippen molar-refractivity contribution in [2.24, 2.45) is 5.41 Å². The lowest BCUT2D eigenvalue weighted by Crippen LogP contribution is -2.25. The minimum Gasteiger partial charge on any atom is -0.295 e. The Balaban J connectivity index is 2.21. The van der Waals surface area contributed by atoms with Crippen molar-refractivity contribution in [3.8, 4) is 0 Å². The maximum Gasteiger partial charge on any atom is 0.156 e. The van der Waals surface area contributed by atoms with E-state index in [0.29, 0.717) is 16.5 Å². The second-order valence-electron chi connectivity index (χ2n) is 5.55. The molecule has 1 unspecified atom stereocenters. The van der Waals surface area contributed by atoms with Crippen LogP contribution in [0.1, 0.15) is 43.7 Å². The SMILES string of the molecule is CCCC12CCC(=O)C=C1c1c(c[c]c(Cl)c1Cl)C2. The Bertz CT molecular complexity index is 589. The summed E-state index contributed by atoms with van der Waals surface area (Å²) in [5.74, 6) is 0.203. The van der Waals surface area contributed by atoms with Crippen LogP contribution in [0.5, 0.6) is 0 Å². The summed E-state index contributed by atoms with van der Waals surface area (Å²) in [6, 6.07) is 4.94. The maximum absolute atomic E-state index is 11.8. The predicted octanol–water partition coefficient (Wildman–Crippen LogP) is 4.88. The van der Waals surface area contributed by atoms with Crippen LogP contribution in [-0.4, -0.2) is 5.78 Å². The van der Waals surface area contributed by atoms with Gasteiger partial charge in [-0.15, -0.1) is 0 Å². The second kappa shape index (κ2) is 4.64. The molecule has 1 aromatic rings. The first-order valence-electron chi connectivity index (χ1n) is 6.71. The molecular formula is C16H15Cl2O. The molecule has 3 rings (SSSR count). The molecule has 0 fully saturated rings. The van der Waals surface area contributed by atoms with Gasteiger partial charge in [0.1, 0.15) is 0 Å². The van der Waals surface area contributed by atoms with Gasteiger partial charge < -0.3 is 0 Å². The summed E-state index contributed by atoms with van der Waals surface area (Å²) in [6.45, 7) is 2.19. The molecule has 1 aromatic carbocycles. The van der Waals surface area contributed by atoms with Crippen molar-refractivity contribution in [2.45, 2.75) is 39.0 Å². The molecule has 0 saturated heterocycles.